The Labute approximate surface area is 288 Å². The molecule has 4 aromatic carbocycles. The summed E-state index contributed by atoms with van der Waals surface area (Å²) in [6.07, 6.45) is 2.34. The molecule has 0 saturated heterocycles. The second-order valence-electron chi connectivity index (χ2n) is 17.4. The summed E-state index contributed by atoms with van der Waals surface area (Å²) in [7, 11) is -3.25. The van der Waals surface area contributed by atoms with Gasteiger partial charge < -0.3 is 4.42 Å². The van der Waals surface area contributed by atoms with Crippen LogP contribution in [0.2, 0.25) is 39.3 Å². The van der Waals surface area contributed by atoms with E-state index in [9.17, 15) is 0 Å². The summed E-state index contributed by atoms with van der Waals surface area (Å²) in [4.78, 5) is 15.8. The number of fused-ring (bicyclic) bond motifs is 4. The molecule has 48 heavy (non-hydrogen) atoms. The molecule has 0 N–H and O–H groups in total. The van der Waals surface area contributed by atoms with Gasteiger partial charge in [-0.1, -0.05) is 126 Å². The Balaban J connectivity index is 1.49. The summed E-state index contributed by atoms with van der Waals surface area (Å²) >= 11 is 0. The van der Waals surface area contributed by atoms with Crippen molar-refractivity contribution in [1.82, 2.24) is 15.0 Å². The van der Waals surface area contributed by atoms with Crippen molar-refractivity contribution in [3.05, 3.63) is 89.5 Å². The first-order chi connectivity index (χ1) is 22.4. The summed E-state index contributed by atoms with van der Waals surface area (Å²) in [6.45, 7) is 26.3. The van der Waals surface area contributed by atoms with Crippen LogP contribution < -0.4 is 10.4 Å². The molecular formula is C42H49N3OSi2. The van der Waals surface area contributed by atoms with E-state index in [0.717, 1.165) is 56.7 Å². The Morgan fingerprint density at radius 2 is 1.10 bits per heavy atom. The van der Waals surface area contributed by atoms with Gasteiger partial charge in [-0.3, -0.25) is 0 Å². The molecule has 246 valence electrons. The van der Waals surface area contributed by atoms with Crippen molar-refractivity contribution in [3.63, 3.8) is 0 Å². The van der Waals surface area contributed by atoms with E-state index in [0.29, 0.717) is 5.82 Å². The maximum atomic E-state index is 6.31. The minimum Gasteiger partial charge on any atom is -0.456 e. The monoisotopic (exact) mass is 667 g/mol. The van der Waals surface area contributed by atoms with Gasteiger partial charge in [0.15, 0.2) is 17.5 Å². The van der Waals surface area contributed by atoms with Gasteiger partial charge in [0.05, 0.1) is 16.1 Å². The zero-order valence-electron chi connectivity index (χ0n) is 30.6. The van der Waals surface area contributed by atoms with E-state index in [-0.39, 0.29) is 10.8 Å². The maximum Gasteiger partial charge on any atom is 0.164 e. The largest absolute Gasteiger partial charge is 0.456 e. The highest BCUT2D eigenvalue weighted by molar-refractivity contribution is 6.91. The highest BCUT2D eigenvalue weighted by Crippen LogP contribution is 2.47. The van der Waals surface area contributed by atoms with Crippen LogP contribution in [0, 0.1) is 6.92 Å². The van der Waals surface area contributed by atoms with Gasteiger partial charge in [-0.05, 0) is 71.6 Å². The molecule has 6 aromatic rings. The Morgan fingerprint density at radius 1 is 0.562 bits per heavy atom. The molecule has 6 heteroatoms. The van der Waals surface area contributed by atoms with Crippen molar-refractivity contribution >= 4 is 48.5 Å². The van der Waals surface area contributed by atoms with Gasteiger partial charge in [0.1, 0.15) is 11.2 Å². The molecule has 0 amide bonds. The lowest BCUT2D eigenvalue weighted by atomic mass is 9.62. The van der Waals surface area contributed by atoms with Crippen LogP contribution in [0.15, 0.2) is 77.2 Å². The smallest absolute Gasteiger partial charge is 0.164 e. The Bertz CT molecular complexity index is 2200. The predicted molar refractivity (Wildman–Crippen MR) is 209 cm³/mol. The second kappa shape index (κ2) is 11.1. The molecule has 0 saturated carbocycles. The van der Waals surface area contributed by atoms with E-state index >= 15 is 0 Å². The molecule has 0 aliphatic heterocycles. The minimum absolute atomic E-state index is 0.0796. The summed E-state index contributed by atoms with van der Waals surface area (Å²) in [6, 6.07) is 26.6. The zero-order chi connectivity index (χ0) is 34.4. The van der Waals surface area contributed by atoms with Crippen LogP contribution in [0.1, 0.15) is 57.2 Å². The number of aromatic nitrogens is 3. The van der Waals surface area contributed by atoms with Gasteiger partial charge in [-0.15, -0.1) is 0 Å². The number of hydrogen-bond acceptors (Lipinski definition) is 4. The van der Waals surface area contributed by atoms with E-state index in [4.69, 9.17) is 19.4 Å². The van der Waals surface area contributed by atoms with Gasteiger partial charge in [0.25, 0.3) is 0 Å². The van der Waals surface area contributed by atoms with Crippen molar-refractivity contribution < 1.29 is 4.42 Å². The van der Waals surface area contributed by atoms with E-state index < -0.39 is 16.1 Å². The molecule has 0 radical (unpaired) electrons. The number of aryl methyl sites for hydroxylation is 1. The molecule has 0 bridgehead atoms. The fourth-order valence-electron chi connectivity index (χ4n) is 7.21. The molecule has 1 aliphatic carbocycles. The summed E-state index contributed by atoms with van der Waals surface area (Å²) in [5.74, 6) is 2.13. The van der Waals surface area contributed by atoms with Crippen LogP contribution in [0.5, 0.6) is 0 Å². The molecule has 2 heterocycles. The van der Waals surface area contributed by atoms with E-state index in [1.54, 1.807) is 0 Å². The first kappa shape index (κ1) is 32.7. The number of hydrogen-bond donors (Lipinski definition) is 0. The Hall–Kier alpha value is -3.88. The number of furan rings is 1. The fourth-order valence-corrected chi connectivity index (χ4v) is 9.70. The maximum absolute atomic E-state index is 6.31. The van der Waals surface area contributed by atoms with Crippen LogP contribution in [-0.2, 0) is 10.8 Å². The molecule has 0 fully saturated rings. The zero-order valence-corrected chi connectivity index (χ0v) is 32.6. The summed E-state index contributed by atoms with van der Waals surface area (Å²) < 4.78 is 6.31. The average Bonchev–Trinajstić information content (AvgIpc) is 3.40. The molecule has 0 unspecified atom stereocenters. The molecule has 1 aliphatic rings. The first-order valence-electron chi connectivity index (χ1n) is 17.4. The normalized spacial score (nSPS) is 16.0. The number of benzene rings is 4. The summed E-state index contributed by atoms with van der Waals surface area (Å²) in [5.41, 5.74) is 9.10. The highest BCUT2D eigenvalue weighted by atomic mass is 28.3. The Kier molecular flexibility index (Phi) is 7.54. The molecule has 0 atom stereocenters. The van der Waals surface area contributed by atoms with Gasteiger partial charge >= 0.3 is 0 Å². The highest BCUT2D eigenvalue weighted by Gasteiger charge is 2.38. The van der Waals surface area contributed by atoms with Crippen molar-refractivity contribution in [3.8, 4) is 34.2 Å². The molecule has 2 aromatic heterocycles. The third-order valence-corrected chi connectivity index (χ3v) is 14.7. The molecule has 4 nitrogen and oxygen atoms in total. The minimum atomic E-state index is -1.63. The molecule has 0 spiro atoms. The molecular weight excluding hydrogens is 619 g/mol. The van der Waals surface area contributed by atoms with Crippen LogP contribution in [0.4, 0.5) is 0 Å². The van der Waals surface area contributed by atoms with E-state index in [1.807, 2.05) is 12.1 Å². The van der Waals surface area contributed by atoms with Crippen molar-refractivity contribution in [2.75, 3.05) is 0 Å². The van der Waals surface area contributed by atoms with Gasteiger partial charge in [0.2, 0.25) is 0 Å². The van der Waals surface area contributed by atoms with Gasteiger partial charge in [0, 0.05) is 27.5 Å². The lowest BCUT2D eigenvalue weighted by Crippen LogP contribution is -2.45. The van der Waals surface area contributed by atoms with Crippen LogP contribution in [0.25, 0.3) is 56.1 Å². The topological polar surface area (TPSA) is 51.8 Å². The van der Waals surface area contributed by atoms with Crippen LogP contribution >= 0.6 is 0 Å². The first-order valence-corrected chi connectivity index (χ1v) is 24.4. The third-order valence-electron chi connectivity index (χ3n) is 10.6. The number of rotatable bonds is 5. The third kappa shape index (κ3) is 5.77. The number of nitrogens with zero attached hydrogens (tertiary/aromatic N) is 3. The van der Waals surface area contributed by atoms with Gasteiger partial charge in [-0.25, -0.2) is 15.0 Å². The summed E-state index contributed by atoms with van der Waals surface area (Å²) in [5, 5.41) is 5.10. The van der Waals surface area contributed by atoms with E-state index in [1.165, 1.54) is 33.5 Å². The Morgan fingerprint density at radius 3 is 1.73 bits per heavy atom. The lowest BCUT2D eigenvalue weighted by molar-refractivity contribution is 0.332. The van der Waals surface area contributed by atoms with Crippen LogP contribution in [-0.4, -0.2) is 31.1 Å². The van der Waals surface area contributed by atoms with Gasteiger partial charge in [-0.2, -0.15) is 0 Å². The van der Waals surface area contributed by atoms with Crippen molar-refractivity contribution in [2.45, 2.75) is 97.6 Å². The number of para-hydroxylation sites is 1. The average molecular weight is 668 g/mol. The fraction of sp³-hybridized carbons (Fsp3) is 0.357. The van der Waals surface area contributed by atoms with Crippen molar-refractivity contribution in [1.29, 1.82) is 0 Å². The van der Waals surface area contributed by atoms with Crippen molar-refractivity contribution in [2.24, 2.45) is 0 Å². The van der Waals surface area contributed by atoms with E-state index in [2.05, 4.69) is 135 Å². The quantitative estimate of drug-likeness (QED) is 0.172. The van der Waals surface area contributed by atoms with Crippen LogP contribution in [0.3, 0.4) is 0 Å². The standard InChI is InChI=1S/C42H49N3OSi2/c1-26-20-34-35(42(4,5)19-18-41(34,2)3)25-33(26)40-44-38(27-16-17-32-31-14-12-13-15-36(31)46-37(32)23-27)43-39(45-40)28-21-29(47(6,7)8)24-30(22-28)48(9,10)11/h12-17,20-25H,18-19H2,1-11H3. The predicted octanol–water partition coefficient (Wildman–Crippen LogP) is 10.5. The molecule has 7 rings (SSSR count). The SMILES string of the molecule is Cc1cc2c(cc1-c1nc(-c3cc([Si](C)(C)C)cc([Si](C)(C)C)c3)nc(-c3ccc4c(c3)oc3ccccc34)n1)C(C)(C)CCC2(C)C. The second-order valence-corrected chi connectivity index (χ2v) is 27.5. The lowest BCUT2D eigenvalue weighted by Gasteiger charge is -2.42.